The van der Waals surface area contributed by atoms with Crippen LogP contribution in [0.5, 0.6) is 0 Å². The largest absolute Gasteiger partial charge is 0.444 e. The minimum atomic E-state index is -0.745. The zero-order chi connectivity index (χ0) is 14.3. The molecule has 0 rings (SSSR count). The molecule has 0 heterocycles. The van der Waals surface area contributed by atoms with Crippen LogP contribution in [0.25, 0.3) is 0 Å². The lowest BCUT2D eigenvalue weighted by Gasteiger charge is -2.20. The van der Waals surface area contributed by atoms with Gasteiger partial charge in [0.1, 0.15) is 12.1 Å². The quantitative estimate of drug-likeness (QED) is 0.760. The summed E-state index contributed by atoms with van der Waals surface area (Å²) in [5.41, 5.74) is -0.636. The minimum Gasteiger partial charge on any atom is -0.444 e. The molecular weight excluding hydrogens is 240 g/mol. The van der Waals surface area contributed by atoms with Gasteiger partial charge in [-0.15, -0.1) is 0 Å². The molecular formula is C11H20N2O5. The normalized spacial score (nSPS) is 10.5. The van der Waals surface area contributed by atoms with Crippen LogP contribution in [0.4, 0.5) is 4.79 Å². The van der Waals surface area contributed by atoms with Crippen molar-refractivity contribution in [2.45, 2.75) is 39.7 Å². The molecule has 0 atom stereocenters. The van der Waals surface area contributed by atoms with Crippen molar-refractivity contribution in [1.29, 1.82) is 0 Å². The Morgan fingerprint density at radius 3 is 2.22 bits per heavy atom. The molecule has 0 fully saturated rings. The van der Waals surface area contributed by atoms with Gasteiger partial charge in [-0.1, -0.05) is 6.92 Å². The first-order valence-electron chi connectivity index (χ1n) is 5.60. The molecule has 7 nitrogen and oxygen atoms in total. The Hall–Kier alpha value is -1.79. The molecule has 2 amide bonds. The molecule has 7 heteroatoms. The number of rotatable bonds is 3. The Bertz CT molecular complexity index is 322. The Labute approximate surface area is 106 Å². The summed E-state index contributed by atoms with van der Waals surface area (Å²) in [7, 11) is 1.33. The van der Waals surface area contributed by atoms with Gasteiger partial charge in [-0.05, 0) is 20.8 Å². The Morgan fingerprint density at radius 2 is 1.78 bits per heavy atom. The number of nitrogens with zero attached hydrogens (tertiary/aromatic N) is 1. The third-order valence-corrected chi connectivity index (χ3v) is 1.67. The summed E-state index contributed by atoms with van der Waals surface area (Å²) in [6.45, 7) is 6.40. The van der Waals surface area contributed by atoms with Crippen molar-refractivity contribution in [2.75, 3.05) is 13.6 Å². The van der Waals surface area contributed by atoms with Crippen molar-refractivity contribution < 1.29 is 24.0 Å². The van der Waals surface area contributed by atoms with Crippen LogP contribution in [0.3, 0.4) is 0 Å². The molecule has 104 valence electrons. The van der Waals surface area contributed by atoms with Gasteiger partial charge in [-0.3, -0.25) is 4.79 Å². The molecule has 0 bridgehead atoms. The molecule has 1 N–H and O–H groups in total. The summed E-state index contributed by atoms with van der Waals surface area (Å²) in [4.78, 5) is 38.2. The summed E-state index contributed by atoms with van der Waals surface area (Å²) < 4.78 is 4.92. The Balaban J connectivity index is 3.98. The van der Waals surface area contributed by atoms with Crippen LogP contribution < -0.4 is 5.32 Å². The topological polar surface area (TPSA) is 84.9 Å². The molecule has 0 aliphatic heterocycles. The van der Waals surface area contributed by atoms with Crippen molar-refractivity contribution in [3.05, 3.63) is 0 Å². The highest BCUT2D eigenvalue weighted by molar-refractivity contribution is 5.80. The van der Waals surface area contributed by atoms with Crippen molar-refractivity contribution in [1.82, 2.24) is 10.4 Å². The standard InChI is InChI=1S/C11H20N2O5/c1-6-8(14)13(5)18-9(15)7-12-10(16)17-11(2,3)4/h6-7H2,1-5H3,(H,12,16). The first kappa shape index (κ1) is 16.2. The van der Waals surface area contributed by atoms with E-state index in [0.717, 1.165) is 5.06 Å². The van der Waals surface area contributed by atoms with Crippen molar-refractivity contribution in [3.63, 3.8) is 0 Å². The highest BCUT2D eigenvalue weighted by atomic mass is 16.7. The Morgan fingerprint density at radius 1 is 1.22 bits per heavy atom. The summed E-state index contributed by atoms with van der Waals surface area (Å²) in [5.74, 6) is -1.08. The maximum absolute atomic E-state index is 11.3. The smallest absolute Gasteiger partial charge is 0.408 e. The van der Waals surface area contributed by atoms with E-state index >= 15 is 0 Å². The van der Waals surface area contributed by atoms with E-state index in [-0.39, 0.29) is 18.9 Å². The van der Waals surface area contributed by atoms with Gasteiger partial charge in [-0.25, -0.2) is 9.59 Å². The lowest BCUT2D eigenvalue weighted by atomic mass is 10.2. The molecule has 0 aromatic rings. The molecule has 0 aliphatic rings. The predicted molar refractivity (Wildman–Crippen MR) is 63.4 cm³/mol. The van der Waals surface area contributed by atoms with Crippen molar-refractivity contribution >= 4 is 18.0 Å². The zero-order valence-corrected chi connectivity index (χ0v) is 11.4. The second-order valence-electron chi connectivity index (χ2n) is 4.56. The second-order valence-corrected chi connectivity index (χ2v) is 4.56. The van der Waals surface area contributed by atoms with E-state index in [1.54, 1.807) is 27.7 Å². The molecule has 0 radical (unpaired) electrons. The molecule has 0 aromatic heterocycles. The molecule has 0 unspecified atom stereocenters. The highest BCUT2D eigenvalue weighted by Gasteiger charge is 2.18. The number of nitrogens with one attached hydrogen (secondary N) is 1. The fourth-order valence-electron chi connectivity index (χ4n) is 0.917. The van der Waals surface area contributed by atoms with Crippen LogP contribution in [0.1, 0.15) is 34.1 Å². The van der Waals surface area contributed by atoms with Crippen molar-refractivity contribution in [2.24, 2.45) is 0 Å². The summed E-state index contributed by atoms with van der Waals surface area (Å²) in [6, 6.07) is 0. The predicted octanol–water partition coefficient (Wildman–Crippen LogP) is 0.838. The maximum atomic E-state index is 11.3. The van der Waals surface area contributed by atoms with E-state index < -0.39 is 17.7 Å². The monoisotopic (exact) mass is 260 g/mol. The summed E-state index contributed by atoms with van der Waals surface area (Å²) in [5, 5.41) is 3.06. The van der Waals surface area contributed by atoms with Gasteiger partial charge in [0.2, 0.25) is 0 Å². The first-order chi connectivity index (χ1) is 8.15. The van der Waals surface area contributed by atoms with Crippen molar-refractivity contribution in [3.8, 4) is 0 Å². The summed E-state index contributed by atoms with van der Waals surface area (Å²) in [6.07, 6.45) is -0.493. The average Bonchev–Trinajstić information content (AvgIpc) is 2.22. The fraction of sp³-hybridized carbons (Fsp3) is 0.727. The fourth-order valence-corrected chi connectivity index (χ4v) is 0.917. The van der Waals surface area contributed by atoms with Crippen LogP contribution in [0, 0.1) is 0 Å². The number of hydrogen-bond acceptors (Lipinski definition) is 5. The zero-order valence-electron chi connectivity index (χ0n) is 11.4. The van der Waals surface area contributed by atoms with E-state index in [4.69, 9.17) is 4.74 Å². The number of amides is 2. The van der Waals surface area contributed by atoms with Crippen LogP contribution in [-0.2, 0) is 19.2 Å². The van der Waals surface area contributed by atoms with E-state index in [1.165, 1.54) is 7.05 Å². The lowest BCUT2D eigenvalue weighted by molar-refractivity contribution is -0.191. The van der Waals surface area contributed by atoms with Gasteiger partial charge < -0.3 is 14.9 Å². The third-order valence-electron chi connectivity index (χ3n) is 1.67. The number of hydroxylamine groups is 2. The number of hydrogen-bond donors (Lipinski definition) is 1. The Kier molecular flexibility index (Phi) is 6.15. The third kappa shape index (κ3) is 7.48. The van der Waals surface area contributed by atoms with Gasteiger partial charge >= 0.3 is 12.1 Å². The second kappa shape index (κ2) is 6.83. The van der Waals surface area contributed by atoms with E-state index in [1.807, 2.05) is 0 Å². The first-order valence-corrected chi connectivity index (χ1v) is 5.60. The van der Waals surface area contributed by atoms with Crippen LogP contribution in [0.2, 0.25) is 0 Å². The van der Waals surface area contributed by atoms with Gasteiger partial charge in [0.05, 0.1) is 0 Å². The van der Waals surface area contributed by atoms with Gasteiger partial charge in [0, 0.05) is 13.5 Å². The van der Waals surface area contributed by atoms with Crippen LogP contribution >= 0.6 is 0 Å². The molecule has 0 saturated carbocycles. The van der Waals surface area contributed by atoms with E-state index in [9.17, 15) is 14.4 Å². The molecule has 0 spiro atoms. The molecule has 18 heavy (non-hydrogen) atoms. The minimum absolute atomic E-state index is 0.225. The van der Waals surface area contributed by atoms with Gasteiger partial charge in [0.25, 0.3) is 5.91 Å². The molecule has 0 aliphatic carbocycles. The van der Waals surface area contributed by atoms with E-state index in [0.29, 0.717) is 0 Å². The maximum Gasteiger partial charge on any atom is 0.408 e. The van der Waals surface area contributed by atoms with E-state index in [2.05, 4.69) is 10.2 Å². The number of carbonyl (C=O) groups is 3. The molecule has 0 aromatic carbocycles. The number of alkyl carbamates (subject to hydrolysis) is 1. The number of ether oxygens (including phenoxy) is 1. The lowest BCUT2D eigenvalue weighted by Crippen LogP contribution is -2.38. The van der Waals surface area contributed by atoms with Gasteiger partial charge in [-0.2, -0.15) is 5.06 Å². The summed E-state index contributed by atoms with van der Waals surface area (Å²) >= 11 is 0. The molecule has 0 saturated heterocycles. The van der Waals surface area contributed by atoms with Gasteiger partial charge in [0.15, 0.2) is 0 Å². The van der Waals surface area contributed by atoms with Crippen LogP contribution in [-0.4, -0.2) is 42.2 Å². The number of carbonyl (C=O) groups excluding carboxylic acids is 3. The highest BCUT2D eigenvalue weighted by Crippen LogP contribution is 2.06. The SMILES string of the molecule is CCC(=O)N(C)OC(=O)CNC(=O)OC(C)(C)C. The van der Waals surface area contributed by atoms with Crippen LogP contribution in [0.15, 0.2) is 0 Å². The average molecular weight is 260 g/mol.